The zero-order valence-electron chi connectivity index (χ0n) is 70.8. The van der Waals surface area contributed by atoms with Crippen LogP contribution in [0.1, 0.15) is 103 Å². The monoisotopic (exact) mass is 1790 g/mol. The van der Waals surface area contributed by atoms with Gasteiger partial charge in [0.25, 0.3) is 0 Å². The Labute approximate surface area is 730 Å². The first-order valence-corrected chi connectivity index (χ1v) is 45.2. The second kappa shape index (κ2) is 39.1. The second-order valence-electron chi connectivity index (χ2n) is 31.8. The van der Waals surface area contributed by atoms with Crippen molar-refractivity contribution in [1.29, 1.82) is 0 Å². The van der Waals surface area contributed by atoms with Gasteiger partial charge in [0.05, 0.1) is 0 Å². The molecule has 0 aliphatic rings. The summed E-state index contributed by atoms with van der Waals surface area (Å²) < 4.78 is 0. The molecule has 0 aliphatic heterocycles. The maximum atomic E-state index is 8.89. The van der Waals surface area contributed by atoms with E-state index in [9.17, 15) is 0 Å². The van der Waals surface area contributed by atoms with Crippen LogP contribution in [-0.2, 0) is 48.5 Å². The van der Waals surface area contributed by atoms with Gasteiger partial charge < -0.3 is 19.8 Å². The van der Waals surface area contributed by atoms with E-state index >= 15 is 0 Å². The molecule has 0 saturated carbocycles. The van der Waals surface area contributed by atoms with Crippen LogP contribution in [0.4, 0.5) is 0 Å². The minimum Gasteiger partial charge on any atom is -0.550 e. The van der Waals surface area contributed by atoms with Crippen LogP contribution in [0.25, 0.3) is 65.3 Å². The summed E-state index contributed by atoms with van der Waals surface area (Å²) in [6.07, 6.45) is 0. The number of rotatable bonds is 14. The normalized spacial score (nSPS) is 11.1. The first-order chi connectivity index (χ1) is 55.5. The Bertz CT molecular complexity index is 5320. The summed E-state index contributed by atoms with van der Waals surface area (Å²) in [7, 11) is -3.75. The Balaban J connectivity index is 0.000000209. The number of aliphatic carboxylic acids is 2. The molecule has 592 valence electrons. The number of benzene rings is 16. The molecule has 16 aromatic carbocycles. The van der Waals surface area contributed by atoms with Crippen molar-refractivity contribution >= 4 is 150 Å². The molecular weight excluding hydrogens is 1690 g/mol. The first kappa shape index (κ1) is 89.3. The van der Waals surface area contributed by atoms with E-state index in [-0.39, 0.29) is 39.0 Å². The van der Waals surface area contributed by atoms with Crippen LogP contribution < -0.4 is 73.9 Å². The Morgan fingerprint density at radius 3 is 0.441 bits per heavy atom. The number of carbonyl (C=O) groups is 2. The maximum Gasteiger partial charge on any atom is 2.00 e. The summed E-state index contributed by atoms with van der Waals surface area (Å²) in [6.45, 7) is 37.9. The van der Waals surface area contributed by atoms with Crippen molar-refractivity contribution in [3.05, 3.63) is 380 Å². The van der Waals surface area contributed by atoms with E-state index in [4.69, 9.17) is 19.8 Å². The number of carboxylic acids is 2. The van der Waals surface area contributed by atoms with Crippen LogP contribution in [-0.4, -0.2) is 11.9 Å². The van der Waals surface area contributed by atoms with Gasteiger partial charge in [-0.2, -0.15) is 0 Å². The van der Waals surface area contributed by atoms with E-state index in [2.05, 4.69) is 402 Å². The number of hydrogen-bond acceptors (Lipinski definition) is 4. The topological polar surface area (TPSA) is 80.3 Å². The SMILES string of the molecule is CC(=O)[O-].CC(=O)[O-].Cc1cc(C)cc(P(c2cc(C)cc(C)c2)c2ccc3ccccc3c2-c2c(P(c3cc(C)cc(C)c3)c3cc(C)cc(C)c3)ccc3ccccc23)c1.Cc1cc(C)cc(P(c2cc(C)cc(C)c2)c2ccc3ccccc3c2-c2c(P(c3cc(C)cc(C)c3)c3cc(C)cc(C)c3)ccc3ccccc23)c1.[Ru+2].[Ru+2]. The van der Waals surface area contributed by atoms with Gasteiger partial charge in [0.2, 0.25) is 0 Å². The summed E-state index contributed by atoms with van der Waals surface area (Å²) in [6, 6.07) is 113. The molecule has 4 nitrogen and oxygen atoms in total. The van der Waals surface area contributed by atoms with Gasteiger partial charge in [0.1, 0.15) is 0 Å². The van der Waals surface area contributed by atoms with E-state index in [1.807, 2.05) is 0 Å². The molecule has 16 aromatic rings. The second-order valence-corrected chi connectivity index (χ2v) is 40.6. The summed E-state index contributed by atoms with van der Waals surface area (Å²) in [5.74, 6) is -2.17. The third-order valence-electron chi connectivity index (χ3n) is 20.8. The molecule has 0 amide bonds. The zero-order valence-corrected chi connectivity index (χ0v) is 77.9. The molecule has 0 aromatic heterocycles. The van der Waals surface area contributed by atoms with Crippen LogP contribution in [0.5, 0.6) is 0 Å². The van der Waals surface area contributed by atoms with Crippen LogP contribution >= 0.6 is 31.7 Å². The molecule has 0 spiro atoms. The zero-order chi connectivity index (χ0) is 82.5. The van der Waals surface area contributed by atoms with E-state index < -0.39 is 43.6 Å². The van der Waals surface area contributed by atoms with Gasteiger partial charge in [-0.05, 0) is 285 Å². The molecule has 0 atom stereocenters. The predicted octanol–water partition coefficient (Wildman–Crippen LogP) is 20.8. The fourth-order valence-corrected chi connectivity index (χ4v) is 28.6. The Morgan fingerprint density at radius 2 is 0.314 bits per heavy atom. The standard InChI is InChI=1S/2C52H48P2.2C2H4O2.2Ru/c2*1-33-21-34(2)26-43(25-33)53(44-27-35(3)22-36(4)28-44)49-19-17-41-13-9-11-15-47(41)51(49)52-48-16-12-10-14-42(48)18-20-50(52)54(45-29-37(5)23-38(6)30-45)46-31-39(7)24-40(8)32-46;2*1-2(3)4;;/h2*9-32H,1-8H3;2*1H3,(H,3,4);;/q;;;;2*+2/p-2. The smallest absolute Gasteiger partial charge is 0.550 e. The quantitative estimate of drug-likeness (QED) is 0.0802. The molecule has 0 aliphatic carbocycles. The minimum absolute atomic E-state index is 0. The van der Waals surface area contributed by atoms with Crippen molar-refractivity contribution in [2.45, 2.75) is 125 Å². The van der Waals surface area contributed by atoms with Crippen LogP contribution in [0.15, 0.2) is 291 Å². The predicted molar refractivity (Wildman–Crippen MR) is 506 cm³/mol. The van der Waals surface area contributed by atoms with Crippen molar-refractivity contribution in [3.63, 3.8) is 0 Å². The van der Waals surface area contributed by atoms with Gasteiger partial charge in [-0.3, -0.25) is 0 Å². The summed E-state index contributed by atoms with van der Waals surface area (Å²) in [4.78, 5) is 17.8. The summed E-state index contributed by atoms with van der Waals surface area (Å²) in [5.41, 5.74) is 26.4. The van der Waals surface area contributed by atoms with Crippen LogP contribution in [0, 0.1) is 111 Å². The Morgan fingerprint density at radius 1 is 0.195 bits per heavy atom. The Kier molecular flexibility index (Phi) is 29.6. The minimum atomic E-state index is -1.08. The fraction of sp³-hybridized carbons (Fsp3) is 0.167. The summed E-state index contributed by atoms with van der Waals surface area (Å²) in [5, 5.41) is 44.9. The number of carboxylic acid groups (broad SMARTS) is 2. The third kappa shape index (κ3) is 20.8. The largest absolute Gasteiger partial charge is 2.00 e. The first-order valence-electron chi connectivity index (χ1n) is 39.8. The van der Waals surface area contributed by atoms with Crippen molar-refractivity contribution in [3.8, 4) is 22.3 Å². The average Bonchev–Trinajstić information content (AvgIpc) is 0.733. The van der Waals surface area contributed by atoms with Crippen LogP contribution in [0.3, 0.4) is 0 Å². The van der Waals surface area contributed by atoms with Crippen molar-refractivity contribution in [2.24, 2.45) is 0 Å². The summed E-state index contributed by atoms with van der Waals surface area (Å²) >= 11 is 0. The molecule has 0 fully saturated rings. The molecular formula is C108H102O4P4Ru2+2. The maximum absolute atomic E-state index is 8.89. The van der Waals surface area contributed by atoms with Gasteiger partial charge in [-0.15, -0.1) is 0 Å². The molecule has 16 rings (SSSR count). The molecule has 0 N–H and O–H groups in total. The van der Waals surface area contributed by atoms with Gasteiger partial charge >= 0.3 is 39.0 Å². The number of fused-ring (bicyclic) bond motifs is 4. The van der Waals surface area contributed by atoms with E-state index in [0.29, 0.717) is 0 Å². The van der Waals surface area contributed by atoms with Gasteiger partial charge in [-0.25, -0.2) is 0 Å². The van der Waals surface area contributed by atoms with Gasteiger partial charge in [0, 0.05) is 11.9 Å². The number of carbonyl (C=O) groups excluding carboxylic acids is 2. The number of aryl methyl sites for hydroxylation is 16. The number of hydrogen-bond donors (Lipinski definition) is 0. The van der Waals surface area contributed by atoms with E-state index in [1.165, 1.54) is 218 Å². The molecule has 0 bridgehead atoms. The molecule has 10 heteroatoms. The van der Waals surface area contributed by atoms with Crippen molar-refractivity contribution in [1.82, 2.24) is 0 Å². The van der Waals surface area contributed by atoms with Gasteiger partial charge in [0.15, 0.2) is 0 Å². The molecule has 0 unspecified atom stereocenters. The molecule has 0 heterocycles. The third-order valence-corrected chi connectivity index (χ3v) is 30.4. The van der Waals surface area contributed by atoms with E-state index in [1.54, 1.807) is 0 Å². The Hall–Kier alpha value is -9.53. The molecule has 0 radical (unpaired) electrons. The fourth-order valence-electron chi connectivity index (χ4n) is 17.2. The average molecular weight is 1790 g/mol. The molecule has 118 heavy (non-hydrogen) atoms. The van der Waals surface area contributed by atoms with Crippen molar-refractivity contribution in [2.75, 3.05) is 0 Å². The van der Waals surface area contributed by atoms with E-state index in [0.717, 1.165) is 13.8 Å². The van der Waals surface area contributed by atoms with Crippen molar-refractivity contribution < 1.29 is 58.8 Å². The molecule has 0 saturated heterocycles. The van der Waals surface area contributed by atoms with Crippen LogP contribution in [0.2, 0.25) is 0 Å². The van der Waals surface area contributed by atoms with Gasteiger partial charge in [-0.1, -0.05) is 380 Å².